The van der Waals surface area contributed by atoms with E-state index in [1.807, 2.05) is 36.0 Å². The minimum absolute atomic E-state index is 0.0311. The van der Waals surface area contributed by atoms with E-state index in [0.717, 1.165) is 22.6 Å². The van der Waals surface area contributed by atoms with E-state index in [0.29, 0.717) is 28.8 Å². The Morgan fingerprint density at radius 1 is 1.05 bits per heavy atom. The van der Waals surface area contributed by atoms with Gasteiger partial charge in [0.05, 0.1) is 29.6 Å². The van der Waals surface area contributed by atoms with Gasteiger partial charge in [0.2, 0.25) is 0 Å². The number of aromatic nitrogens is 5. The lowest BCUT2D eigenvalue weighted by Crippen LogP contribution is -2.17. The maximum atomic E-state index is 12.2. The Kier molecular flexibility index (Phi) is 6.78. The normalized spacial score (nSPS) is 14.6. The van der Waals surface area contributed by atoms with Crippen molar-refractivity contribution in [1.29, 1.82) is 5.26 Å². The second-order valence-corrected chi connectivity index (χ2v) is 12.6. The molecule has 1 amide bonds. The number of nitrogens with zero attached hydrogens (tertiary/aromatic N) is 6. The van der Waals surface area contributed by atoms with E-state index in [4.69, 9.17) is 20.8 Å². The van der Waals surface area contributed by atoms with Gasteiger partial charge in [0.1, 0.15) is 17.6 Å². The maximum absolute atomic E-state index is 12.2. The Hall–Kier alpha value is -4.55. The molecule has 11 nitrogen and oxygen atoms in total. The van der Waals surface area contributed by atoms with E-state index in [2.05, 4.69) is 31.9 Å². The number of nitriles is 1. The number of anilines is 4. The fourth-order valence-electron chi connectivity index (χ4n) is 4.84. The lowest BCUT2D eigenvalue weighted by molar-refractivity contribution is 0.0995. The molecular formula is C28H28N9O2P. The zero-order chi connectivity index (χ0) is 27.8. The molecular weight excluding hydrogens is 525 g/mol. The number of hydrogen-bond acceptors (Lipinski definition) is 9. The molecule has 2 aliphatic carbocycles. The van der Waals surface area contributed by atoms with Gasteiger partial charge in [0.15, 0.2) is 17.3 Å². The zero-order valence-corrected chi connectivity index (χ0v) is 23.0. The molecule has 3 heterocycles. The highest BCUT2D eigenvalue weighted by molar-refractivity contribution is 7.67. The third kappa shape index (κ3) is 5.18. The summed E-state index contributed by atoms with van der Waals surface area (Å²) in [6, 6.07) is 16.6. The van der Waals surface area contributed by atoms with Crippen LogP contribution in [0.15, 0.2) is 48.5 Å². The molecule has 202 valence electrons. The molecule has 4 N–H and O–H groups in total. The second kappa shape index (κ2) is 10.5. The molecule has 0 spiro atoms. The van der Waals surface area contributed by atoms with Gasteiger partial charge >= 0.3 is 0 Å². The average molecular weight is 554 g/mol. The van der Waals surface area contributed by atoms with Gasteiger partial charge in [-0.25, -0.2) is 4.98 Å². The van der Waals surface area contributed by atoms with Crippen LogP contribution in [0, 0.1) is 11.3 Å². The largest absolute Gasteiger partial charge is 0.494 e. The lowest BCUT2D eigenvalue weighted by atomic mass is 10.1. The fourth-order valence-corrected chi connectivity index (χ4v) is 8.24. The van der Waals surface area contributed by atoms with E-state index < -0.39 is 5.91 Å². The summed E-state index contributed by atoms with van der Waals surface area (Å²) in [4.78, 5) is 16.4. The molecule has 1 aromatic carbocycles. The SMILES string of the molecule is COc1c(Nc2cc(Nc3cccc(C#N)n3)nnc2C(N)=O)cccc1-c1cc(P(C2CC2)C2CC2)n(C)n1. The number of primary amides is 1. The van der Waals surface area contributed by atoms with Crippen molar-refractivity contribution in [2.24, 2.45) is 12.8 Å². The quantitative estimate of drug-likeness (QED) is 0.245. The Bertz CT molecular complexity index is 1630. The van der Waals surface area contributed by atoms with Crippen LogP contribution in [0.2, 0.25) is 0 Å². The first kappa shape index (κ1) is 25.7. The third-order valence-corrected chi connectivity index (χ3v) is 10.5. The number of rotatable bonds is 10. The van der Waals surface area contributed by atoms with E-state index in [-0.39, 0.29) is 19.3 Å². The van der Waals surface area contributed by atoms with Crippen LogP contribution in [0.25, 0.3) is 11.3 Å². The van der Waals surface area contributed by atoms with E-state index in [1.54, 1.807) is 31.4 Å². The number of amides is 1. The maximum Gasteiger partial charge on any atom is 0.271 e. The molecule has 2 fully saturated rings. The predicted octanol–water partition coefficient (Wildman–Crippen LogP) is 4.17. The van der Waals surface area contributed by atoms with Gasteiger partial charge in [-0.1, -0.05) is 12.1 Å². The van der Waals surface area contributed by atoms with Gasteiger partial charge in [0.25, 0.3) is 5.91 Å². The molecule has 0 radical (unpaired) electrons. The topological polar surface area (TPSA) is 157 Å². The molecule has 4 aromatic rings. The standard InChI is InChI=1S/C28H28N9O2P/c1-37-25(40(17-9-10-17)18-11-12-18)14-21(36-37)19-6-4-7-20(27(19)39-2)32-22-13-24(34-35-26(22)28(30)38)33-23-8-3-5-16(15-29)31-23/h3-8,13-14,17-18H,9-12H2,1-2H3,(H2,30,38)(H2,31,32,33,34). The van der Waals surface area contributed by atoms with E-state index in [9.17, 15) is 4.79 Å². The minimum atomic E-state index is -0.732. The molecule has 2 aliphatic rings. The van der Waals surface area contributed by atoms with Crippen molar-refractivity contribution in [3.05, 3.63) is 59.9 Å². The summed E-state index contributed by atoms with van der Waals surface area (Å²) >= 11 is 0. The van der Waals surface area contributed by atoms with Crippen molar-refractivity contribution in [1.82, 2.24) is 25.0 Å². The number of nitrogens with one attached hydrogen (secondary N) is 2. The Morgan fingerprint density at radius 3 is 2.48 bits per heavy atom. The number of carbonyl (C=O) groups is 1. The molecule has 40 heavy (non-hydrogen) atoms. The molecule has 6 rings (SSSR count). The highest BCUT2D eigenvalue weighted by Gasteiger charge is 2.43. The minimum Gasteiger partial charge on any atom is -0.494 e. The number of aryl methyl sites for hydroxylation is 1. The number of methoxy groups -OCH3 is 1. The first-order valence-corrected chi connectivity index (χ1v) is 14.5. The summed E-state index contributed by atoms with van der Waals surface area (Å²) in [6.07, 6.45) is 5.29. The van der Waals surface area contributed by atoms with E-state index >= 15 is 0 Å². The fraction of sp³-hybridized carbons (Fsp3) is 0.286. The summed E-state index contributed by atoms with van der Waals surface area (Å²) in [6.45, 7) is 0. The van der Waals surface area contributed by atoms with Crippen LogP contribution < -0.4 is 26.5 Å². The van der Waals surface area contributed by atoms with Gasteiger partial charge in [-0.05, 0) is 75.3 Å². The predicted molar refractivity (Wildman–Crippen MR) is 154 cm³/mol. The molecule has 0 unspecified atom stereocenters. The van der Waals surface area contributed by atoms with Crippen molar-refractivity contribution in [3.63, 3.8) is 0 Å². The average Bonchev–Trinajstić information content (AvgIpc) is 3.89. The summed E-state index contributed by atoms with van der Waals surface area (Å²) in [5.74, 6) is 0.575. The van der Waals surface area contributed by atoms with Crippen LogP contribution in [0.3, 0.4) is 0 Å². The van der Waals surface area contributed by atoms with Crippen molar-refractivity contribution in [2.45, 2.75) is 37.0 Å². The zero-order valence-electron chi connectivity index (χ0n) is 22.1. The molecule has 0 saturated heterocycles. The Balaban J connectivity index is 1.33. The first-order valence-electron chi connectivity index (χ1n) is 13.0. The lowest BCUT2D eigenvalue weighted by Gasteiger charge is -2.16. The summed E-state index contributed by atoms with van der Waals surface area (Å²) in [5, 5.41) is 28.4. The summed E-state index contributed by atoms with van der Waals surface area (Å²) < 4.78 is 7.91. The van der Waals surface area contributed by atoms with Gasteiger partial charge in [-0.3, -0.25) is 9.48 Å². The Morgan fingerprint density at radius 2 is 1.80 bits per heavy atom. The van der Waals surface area contributed by atoms with E-state index in [1.165, 1.54) is 31.1 Å². The first-order chi connectivity index (χ1) is 19.4. The van der Waals surface area contributed by atoms with Crippen LogP contribution in [0.1, 0.15) is 41.9 Å². The highest BCUT2D eigenvalue weighted by Crippen LogP contribution is 2.63. The van der Waals surface area contributed by atoms with Crippen molar-refractivity contribution >= 4 is 42.3 Å². The molecule has 12 heteroatoms. The van der Waals surface area contributed by atoms with Crippen LogP contribution in [0.4, 0.5) is 23.0 Å². The molecule has 0 atom stereocenters. The van der Waals surface area contributed by atoms with Crippen LogP contribution >= 0.6 is 7.92 Å². The van der Waals surface area contributed by atoms with Crippen molar-refractivity contribution in [3.8, 4) is 23.1 Å². The van der Waals surface area contributed by atoms with Crippen LogP contribution in [-0.2, 0) is 7.05 Å². The summed E-state index contributed by atoms with van der Waals surface area (Å²) in [5.41, 5.74) is 11.5. The smallest absolute Gasteiger partial charge is 0.271 e. The molecule has 0 bridgehead atoms. The Labute approximate surface area is 232 Å². The number of carbonyl (C=O) groups excluding carboxylic acids is 1. The van der Waals surface area contributed by atoms with Gasteiger partial charge in [0, 0.05) is 18.7 Å². The monoisotopic (exact) mass is 553 g/mol. The second-order valence-electron chi connectivity index (χ2n) is 9.89. The van der Waals surface area contributed by atoms with Crippen LogP contribution in [-0.4, -0.2) is 49.3 Å². The van der Waals surface area contributed by atoms with Crippen molar-refractivity contribution in [2.75, 3.05) is 17.7 Å². The van der Waals surface area contributed by atoms with Gasteiger partial charge in [-0.2, -0.15) is 10.4 Å². The number of ether oxygens (including phenoxy) is 1. The third-order valence-electron chi connectivity index (χ3n) is 6.91. The number of nitrogens with two attached hydrogens (primary N) is 1. The number of para-hydroxylation sites is 1. The molecule has 2 saturated carbocycles. The highest BCUT2D eigenvalue weighted by atomic mass is 31.1. The van der Waals surface area contributed by atoms with Crippen LogP contribution in [0.5, 0.6) is 5.75 Å². The van der Waals surface area contributed by atoms with Crippen molar-refractivity contribution < 1.29 is 9.53 Å². The number of benzene rings is 1. The van der Waals surface area contributed by atoms with Gasteiger partial charge in [-0.15, -0.1) is 10.2 Å². The van der Waals surface area contributed by atoms with Gasteiger partial charge < -0.3 is 21.1 Å². The number of hydrogen-bond donors (Lipinski definition) is 3. The summed E-state index contributed by atoms with van der Waals surface area (Å²) in [7, 11) is 3.44. The number of pyridine rings is 1. The molecule has 3 aromatic heterocycles. The molecule has 0 aliphatic heterocycles.